The lowest BCUT2D eigenvalue weighted by Gasteiger charge is -2.26. The molecule has 5 amide bonds. The normalized spacial score (nSPS) is 15.3. The van der Waals surface area contributed by atoms with Crippen LogP contribution in [-0.4, -0.2) is 88.0 Å². The fraction of sp³-hybridized carbons (Fsp3) is 0.667. The predicted octanol–water partition coefficient (Wildman–Crippen LogP) is -3.87. The summed E-state index contributed by atoms with van der Waals surface area (Å²) in [6, 6.07) is -5.61. The maximum atomic E-state index is 12.6. The lowest BCUT2D eigenvalue weighted by Crippen LogP contribution is -2.60. The van der Waals surface area contributed by atoms with Gasteiger partial charge in [0.05, 0.1) is 18.6 Å². The van der Waals surface area contributed by atoms with E-state index in [1.165, 1.54) is 18.7 Å². The molecule has 0 heterocycles. The number of hydrogen-bond donors (Lipinski definition) is 8. The molecule has 0 aromatic heterocycles. The molecule has 5 unspecified atom stereocenters. The highest BCUT2D eigenvalue weighted by molar-refractivity contribution is 7.98. The number of hydrogen-bond acceptors (Lipinski definition) is 9. The number of carboxylic acids is 1. The fourth-order valence-electron chi connectivity index (χ4n) is 2.53. The highest BCUT2D eigenvalue weighted by Gasteiger charge is 2.33. The van der Waals surface area contributed by atoms with Crippen molar-refractivity contribution < 1.29 is 39.0 Å². The summed E-state index contributed by atoms with van der Waals surface area (Å²) in [6.07, 6.45) is -0.541. The average molecular weight is 493 g/mol. The molecule has 0 aliphatic heterocycles. The number of nitrogens with one attached hydrogen (secondary N) is 3. The summed E-state index contributed by atoms with van der Waals surface area (Å²) in [4.78, 5) is 71.0. The Labute approximate surface area is 194 Å². The van der Waals surface area contributed by atoms with Crippen LogP contribution >= 0.6 is 11.8 Å². The van der Waals surface area contributed by atoms with E-state index < -0.39 is 72.2 Å². The number of rotatable bonds is 16. The Balaban J connectivity index is 5.38. The zero-order chi connectivity index (χ0) is 25.7. The van der Waals surface area contributed by atoms with Gasteiger partial charge in [0.2, 0.25) is 29.5 Å². The lowest BCUT2D eigenvalue weighted by atomic mass is 10.1. The first-order chi connectivity index (χ1) is 15.3. The Morgan fingerprint density at radius 1 is 0.879 bits per heavy atom. The molecule has 5 atom stereocenters. The molecule has 0 bridgehead atoms. The Morgan fingerprint density at radius 3 is 1.91 bits per heavy atom. The van der Waals surface area contributed by atoms with Crippen molar-refractivity contribution >= 4 is 47.3 Å². The Morgan fingerprint density at radius 2 is 1.45 bits per heavy atom. The van der Waals surface area contributed by atoms with Crippen molar-refractivity contribution in [2.45, 2.75) is 62.9 Å². The molecule has 0 fully saturated rings. The number of aliphatic hydroxyl groups excluding tert-OH is 1. The van der Waals surface area contributed by atoms with E-state index in [4.69, 9.17) is 17.2 Å². The van der Waals surface area contributed by atoms with Gasteiger partial charge >= 0.3 is 5.97 Å². The van der Waals surface area contributed by atoms with Crippen LogP contribution < -0.4 is 33.2 Å². The van der Waals surface area contributed by atoms with E-state index >= 15 is 0 Å². The Kier molecular flexibility index (Phi) is 13.7. The first-order valence-corrected chi connectivity index (χ1v) is 11.3. The highest BCUT2D eigenvalue weighted by Crippen LogP contribution is 2.04. The third kappa shape index (κ3) is 12.1. The topological polar surface area (TPSA) is 257 Å². The van der Waals surface area contributed by atoms with Gasteiger partial charge in [-0.15, -0.1) is 0 Å². The van der Waals surface area contributed by atoms with Crippen LogP contribution in [0.25, 0.3) is 0 Å². The van der Waals surface area contributed by atoms with Crippen molar-refractivity contribution in [3.8, 4) is 0 Å². The molecule has 0 aromatic carbocycles. The third-order valence-corrected chi connectivity index (χ3v) is 5.01. The molecule has 0 radical (unpaired) electrons. The number of nitrogens with two attached hydrogens (primary N) is 3. The first-order valence-electron chi connectivity index (χ1n) is 9.93. The molecule has 11 N–H and O–H groups in total. The molecule has 14 nitrogen and oxygen atoms in total. The van der Waals surface area contributed by atoms with Crippen molar-refractivity contribution in [1.82, 2.24) is 16.0 Å². The van der Waals surface area contributed by atoms with Gasteiger partial charge in [0.15, 0.2) is 0 Å². The molecule has 15 heteroatoms. The summed E-state index contributed by atoms with van der Waals surface area (Å²) in [7, 11) is 0. The molecular weight excluding hydrogens is 460 g/mol. The van der Waals surface area contributed by atoms with Crippen LogP contribution in [-0.2, 0) is 28.8 Å². The fourth-order valence-corrected chi connectivity index (χ4v) is 3.00. The van der Waals surface area contributed by atoms with Crippen molar-refractivity contribution in [2.24, 2.45) is 17.2 Å². The van der Waals surface area contributed by atoms with E-state index in [0.29, 0.717) is 5.75 Å². The number of aliphatic carboxylic acids is 1. The number of aliphatic hydroxyl groups is 1. The molecule has 0 aromatic rings. The molecule has 0 rings (SSSR count). The van der Waals surface area contributed by atoms with Crippen LogP contribution in [0, 0.1) is 0 Å². The Bertz CT molecular complexity index is 735. The maximum absolute atomic E-state index is 12.6. The van der Waals surface area contributed by atoms with E-state index in [1.807, 2.05) is 0 Å². The standard InChI is InChI=1S/C18H32N6O8S/c1-8(25)14(24-15(28)9(19)3-4-12(20)26)17(30)23-11(7-13(21)27)16(29)22-10(18(31)32)5-6-33-2/h8-11,14,25H,3-7,19H2,1-2H3,(H2,20,26)(H2,21,27)(H,22,29)(H,23,30)(H,24,28)(H,31,32). The van der Waals surface area contributed by atoms with Gasteiger partial charge in [-0.2, -0.15) is 11.8 Å². The van der Waals surface area contributed by atoms with E-state index in [9.17, 15) is 39.0 Å². The molecule has 0 spiro atoms. The number of carboxylic acid groups (broad SMARTS) is 1. The number of primary amides is 2. The smallest absolute Gasteiger partial charge is 0.326 e. The van der Waals surface area contributed by atoms with Gasteiger partial charge in [0.25, 0.3) is 0 Å². The first kappa shape index (κ1) is 30.1. The number of thioether (sulfide) groups is 1. The Hall–Kier alpha value is -2.91. The van der Waals surface area contributed by atoms with Crippen LogP contribution in [0.1, 0.15) is 32.6 Å². The van der Waals surface area contributed by atoms with E-state index in [2.05, 4.69) is 16.0 Å². The molecule has 0 aliphatic rings. The van der Waals surface area contributed by atoms with Gasteiger partial charge in [0.1, 0.15) is 18.1 Å². The monoisotopic (exact) mass is 492 g/mol. The highest BCUT2D eigenvalue weighted by atomic mass is 32.2. The maximum Gasteiger partial charge on any atom is 0.326 e. The van der Waals surface area contributed by atoms with Crippen molar-refractivity contribution in [3.63, 3.8) is 0 Å². The third-order valence-electron chi connectivity index (χ3n) is 4.36. The molecule has 0 saturated carbocycles. The van der Waals surface area contributed by atoms with E-state index in [1.54, 1.807) is 6.26 Å². The second-order valence-electron chi connectivity index (χ2n) is 7.25. The summed E-state index contributed by atoms with van der Waals surface area (Å²) in [5.41, 5.74) is 15.8. The lowest BCUT2D eigenvalue weighted by molar-refractivity contribution is -0.142. The van der Waals surface area contributed by atoms with Gasteiger partial charge in [-0.3, -0.25) is 24.0 Å². The molecular formula is C18H32N6O8S. The van der Waals surface area contributed by atoms with Crippen molar-refractivity contribution in [3.05, 3.63) is 0 Å². The van der Waals surface area contributed by atoms with Crippen LogP contribution in [0.3, 0.4) is 0 Å². The number of amides is 5. The number of carbonyl (C=O) groups is 6. The van der Waals surface area contributed by atoms with Gasteiger partial charge in [-0.25, -0.2) is 4.79 Å². The van der Waals surface area contributed by atoms with Gasteiger partial charge in [0, 0.05) is 6.42 Å². The molecule has 0 saturated heterocycles. The molecule has 0 aliphatic carbocycles. The van der Waals surface area contributed by atoms with Crippen LogP contribution in [0.4, 0.5) is 0 Å². The average Bonchev–Trinajstić information content (AvgIpc) is 2.71. The molecule has 33 heavy (non-hydrogen) atoms. The van der Waals surface area contributed by atoms with Crippen LogP contribution in [0.15, 0.2) is 0 Å². The quantitative estimate of drug-likeness (QED) is 0.104. The second-order valence-corrected chi connectivity index (χ2v) is 8.24. The zero-order valence-corrected chi connectivity index (χ0v) is 19.2. The predicted molar refractivity (Wildman–Crippen MR) is 118 cm³/mol. The van der Waals surface area contributed by atoms with Crippen molar-refractivity contribution in [2.75, 3.05) is 12.0 Å². The van der Waals surface area contributed by atoms with E-state index in [-0.39, 0.29) is 19.3 Å². The zero-order valence-electron chi connectivity index (χ0n) is 18.4. The number of carbonyl (C=O) groups excluding carboxylic acids is 5. The summed E-state index contributed by atoms with van der Waals surface area (Å²) < 4.78 is 0. The minimum atomic E-state index is -1.58. The largest absolute Gasteiger partial charge is 0.480 e. The van der Waals surface area contributed by atoms with E-state index in [0.717, 1.165) is 0 Å². The van der Waals surface area contributed by atoms with Crippen LogP contribution in [0.5, 0.6) is 0 Å². The van der Waals surface area contributed by atoms with Gasteiger partial charge < -0.3 is 43.4 Å². The SMILES string of the molecule is CSCCC(NC(=O)C(CC(N)=O)NC(=O)C(NC(=O)C(N)CCC(N)=O)C(C)O)C(=O)O. The summed E-state index contributed by atoms with van der Waals surface area (Å²) in [5.74, 6) is -5.41. The van der Waals surface area contributed by atoms with Crippen molar-refractivity contribution in [1.29, 1.82) is 0 Å². The summed E-state index contributed by atoms with van der Waals surface area (Å²) >= 11 is 1.36. The van der Waals surface area contributed by atoms with Gasteiger partial charge in [-0.1, -0.05) is 0 Å². The molecule has 188 valence electrons. The summed E-state index contributed by atoms with van der Waals surface area (Å²) in [5, 5.41) is 25.8. The van der Waals surface area contributed by atoms with Crippen LogP contribution in [0.2, 0.25) is 0 Å². The second kappa shape index (κ2) is 15.0. The minimum absolute atomic E-state index is 0.0923. The minimum Gasteiger partial charge on any atom is -0.480 e. The summed E-state index contributed by atoms with van der Waals surface area (Å²) in [6.45, 7) is 1.19. The van der Waals surface area contributed by atoms with Gasteiger partial charge in [-0.05, 0) is 31.8 Å².